The van der Waals surface area contributed by atoms with Crippen molar-refractivity contribution in [3.05, 3.63) is 18.2 Å². The van der Waals surface area contributed by atoms with Gasteiger partial charge < -0.3 is 10.3 Å². The molecule has 1 saturated carbocycles. The molecule has 0 amide bonds. The number of imidazole rings is 1. The summed E-state index contributed by atoms with van der Waals surface area (Å²) in [5.41, 5.74) is 7.19. The fraction of sp³-hybridized carbons (Fsp3) is 0.750. The van der Waals surface area contributed by atoms with Gasteiger partial charge in [0.1, 0.15) is 0 Å². The monoisotopic (exact) mass is 222 g/mol. The van der Waals surface area contributed by atoms with Gasteiger partial charge in [-0.3, -0.25) is 4.90 Å². The minimum Gasteiger partial charge on any atom is -0.336 e. The quantitative estimate of drug-likeness (QED) is 0.789. The molecule has 1 aromatic rings. The number of nitrogens with two attached hydrogens (primary N) is 1. The van der Waals surface area contributed by atoms with Crippen LogP contribution in [0.2, 0.25) is 0 Å². The summed E-state index contributed by atoms with van der Waals surface area (Å²) in [4.78, 5) is 6.75. The molecule has 0 aromatic carbocycles. The fourth-order valence-electron chi connectivity index (χ4n) is 2.37. The van der Waals surface area contributed by atoms with Crippen molar-refractivity contribution in [2.45, 2.75) is 38.3 Å². The molecule has 1 atom stereocenters. The zero-order chi connectivity index (χ0) is 11.5. The van der Waals surface area contributed by atoms with Crippen molar-refractivity contribution in [1.29, 1.82) is 0 Å². The van der Waals surface area contributed by atoms with Crippen LogP contribution in [0.1, 0.15) is 37.9 Å². The van der Waals surface area contributed by atoms with Crippen molar-refractivity contribution in [3.8, 4) is 0 Å². The lowest BCUT2D eigenvalue weighted by molar-refractivity contribution is 0.185. The van der Waals surface area contributed by atoms with Crippen LogP contribution < -0.4 is 5.73 Å². The lowest BCUT2D eigenvalue weighted by atomic mass is 10.1. The second kappa shape index (κ2) is 4.97. The summed E-state index contributed by atoms with van der Waals surface area (Å²) in [6.07, 6.45) is 7.64. The van der Waals surface area contributed by atoms with Crippen molar-refractivity contribution in [2.75, 3.05) is 13.1 Å². The first-order valence-electron chi connectivity index (χ1n) is 6.20. The standard InChI is InChI=1S/C12H22N4/c1-3-6-16(10-4-5-10)11(7-13)12-8-14-9-15(12)2/h8-11H,3-7,13H2,1-2H3. The Morgan fingerprint density at radius 1 is 1.62 bits per heavy atom. The topological polar surface area (TPSA) is 47.1 Å². The maximum absolute atomic E-state index is 5.95. The Hall–Kier alpha value is -0.870. The molecule has 0 saturated heterocycles. The smallest absolute Gasteiger partial charge is 0.0946 e. The number of hydrogen-bond acceptors (Lipinski definition) is 3. The predicted octanol–water partition coefficient (Wildman–Crippen LogP) is 1.29. The van der Waals surface area contributed by atoms with Gasteiger partial charge in [-0.05, 0) is 25.8 Å². The summed E-state index contributed by atoms with van der Waals surface area (Å²) in [5.74, 6) is 0. The number of rotatable bonds is 6. The highest BCUT2D eigenvalue weighted by Crippen LogP contribution is 2.33. The van der Waals surface area contributed by atoms with Crippen molar-refractivity contribution in [1.82, 2.24) is 14.5 Å². The highest BCUT2D eigenvalue weighted by Gasteiger charge is 2.34. The summed E-state index contributed by atoms with van der Waals surface area (Å²) in [7, 11) is 2.04. The Balaban J connectivity index is 2.16. The third kappa shape index (κ3) is 2.28. The zero-order valence-electron chi connectivity index (χ0n) is 10.3. The van der Waals surface area contributed by atoms with Crippen LogP contribution in [0.4, 0.5) is 0 Å². The van der Waals surface area contributed by atoms with Crippen LogP contribution in [0.3, 0.4) is 0 Å². The Kier molecular flexibility index (Phi) is 3.61. The second-order valence-electron chi connectivity index (χ2n) is 4.65. The molecule has 0 aliphatic heterocycles. The van der Waals surface area contributed by atoms with Crippen LogP contribution in [-0.2, 0) is 7.05 Å². The molecule has 1 unspecified atom stereocenters. The second-order valence-corrected chi connectivity index (χ2v) is 4.65. The highest BCUT2D eigenvalue weighted by atomic mass is 15.2. The number of hydrogen-bond donors (Lipinski definition) is 1. The van der Waals surface area contributed by atoms with Gasteiger partial charge in [-0.15, -0.1) is 0 Å². The summed E-state index contributed by atoms with van der Waals surface area (Å²) in [5, 5.41) is 0. The van der Waals surface area contributed by atoms with Crippen LogP contribution >= 0.6 is 0 Å². The molecule has 1 fully saturated rings. The van der Waals surface area contributed by atoms with E-state index in [9.17, 15) is 0 Å². The predicted molar refractivity (Wildman–Crippen MR) is 65.0 cm³/mol. The van der Waals surface area contributed by atoms with Crippen LogP contribution in [0.25, 0.3) is 0 Å². The van der Waals surface area contributed by atoms with Crippen LogP contribution in [0, 0.1) is 0 Å². The first-order chi connectivity index (χ1) is 7.77. The van der Waals surface area contributed by atoms with Crippen molar-refractivity contribution >= 4 is 0 Å². The molecule has 90 valence electrons. The van der Waals surface area contributed by atoms with Gasteiger partial charge in [0.2, 0.25) is 0 Å². The average molecular weight is 222 g/mol. The van der Waals surface area contributed by atoms with Gasteiger partial charge in [0, 0.05) is 25.8 Å². The minimum absolute atomic E-state index is 0.333. The molecular weight excluding hydrogens is 200 g/mol. The Labute approximate surface area is 97.4 Å². The van der Waals surface area contributed by atoms with E-state index in [0.29, 0.717) is 12.6 Å². The van der Waals surface area contributed by atoms with Crippen LogP contribution in [0.5, 0.6) is 0 Å². The van der Waals surface area contributed by atoms with Crippen LogP contribution in [0.15, 0.2) is 12.5 Å². The largest absolute Gasteiger partial charge is 0.336 e. The zero-order valence-corrected chi connectivity index (χ0v) is 10.3. The fourth-order valence-corrected chi connectivity index (χ4v) is 2.37. The average Bonchev–Trinajstić information content (AvgIpc) is 3.03. The maximum atomic E-state index is 5.95. The van der Waals surface area contributed by atoms with Gasteiger partial charge in [-0.1, -0.05) is 6.92 Å². The third-order valence-corrected chi connectivity index (χ3v) is 3.32. The van der Waals surface area contributed by atoms with Gasteiger partial charge in [0.25, 0.3) is 0 Å². The van der Waals surface area contributed by atoms with Crippen molar-refractivity contribution in [2.24, 2.45) is 12.8 Å². The molecule has 4 nitrogen and oxygen atoms in total. The molecule has 1 aromatic heterocycles. The van der Waals surface area contributed by atoms with E-state index >= 15 is 0 Å². The van der Waals surface area contributed by atoms with Crippen molar-refractivity contribution < 1.29 is 0 Å². The molecular formula is C12H22N4. The lowest BCUT2D eigenvalue weighted by Gasteiger charge is -2.30. The van der Waals surface area contributed by atoms with Gasteiger partial charge in [0.05, 0.1) is 18.1 Å². The molecule has 0 bridgehead atoms. The number of nitrogens with zero attached hydrogens (tertiary/aromatic N) is 3. The first kappa shape index (κ1) is 11.6. The Morgan fingerprint density at radius 2 is 2.38 bits per heavy atom. The minimum atomic E-state index is 0.333. The van der Waals surface area contributed by atoms with Gasteiger partial charge in [0.15, 0.2) is 0 Å². The van der Waals surface area contributed by atoms with E-state index in [1.54, 1.807) is 0 Å². The van der Waals surface area contributed by atoms with E-state index in [1.807, 2.05) is 19.6 Å². The molecule has 0 radical (unpaired) electrons. The maximum Gasteiger partial charge on any atom is 0.0946 e. The van der Waals surface area contributed by atoms with E-state index in [4.69, 9.17) is 5.73 Å². The van der Waals surface area contributed by atoms with Gasteiger partial charge >= 0.3 is 0 Å². The molecule has 2 N–H and O–H groups in total. The molecule has 0 spiro atoms. The van der Waals surface area contributed by atoms with E-state index in [0.717, 1.165) is 12.6 Å². The molecule has 1 aliphatic rings. The molecule has 4 heteroatoms. The van der Waals surface area contributed by atoms with Crippen molar-refractivity contribution in [3.63, 3.8) is 0 Å². The molecule has 2 rings (SSSR count). The highest BCUT2D eigenvalue weighted by molar-refractivity contribution is 5.08. The third-order valence-electron chi connectivity index (χ3n) is 3.32. The first-order valence-corrected chi connectivity index (χ1v) is 6.20. The summed E-state index contributed by atoms with van der Waals surface area (Å²) in [6.45, 7) is 4.04. The molecule has 1 heterocycles. The lowest BCUT2D eigenvalue weighted by Crippen LogP contribution is -2.37. The Bertz CT molecular complexity index is 330. The SMILES string of the molecule is CCCN(C1CC1)C(CN)c1cncn1C. The summed E-state index contributed by atoms with van der Waals surface area (Å²) < 4.78 is 2.09. The van der Waals surface area contributed by atoms with E-state index < -0.39 is 0 Å². The van der Waals surface area contributed by atoms with Gasteiger partial charge in [-0.2, -0.15) is 0 Å². The van der Waals surface area contributed by atoms with E-state index in [1.165, 1.54) is 25.0 Å². The summed E-state index contributed by atoms with van der Waals surface area (Å²) in [6, 6.07) is 1.09. The summed E-state index contributed by atoms with van der Waals surface area (Å²) >= 11 is 0. The van der Waals surface area contributed by atoms with Crippen LogP contribution in [-0.4, -0.2) is 33.6 Å². The molecule has 16 heavy (non-hydrogen) atoms. The van der Waals surface area contributed by atoms with Gasteiger partial charge in [-0.25, -0.2) is 4.98 Å². The normalized spacial score (nSPS) is 18.0. The number of aryl methyl sites for hydroxylation is 1. The van der Waals surface area contributed by atoms with E-state index in [-0.39, 0.29) is 0 Å². The molecule has 1 aliphatic carbocycles. The van der Waals surface area contributed by atoms with E-state index in [2.05, 4.69) is 21.4 Å². The Morgan fingerprint density at radius 3 is 2.81 bits per heavy atom. The number of aromatic nitrogens is 2.